The van der Waals surface area contributed by atoms with E-state index in [4.69, 9.17) is 0 Å². The Morgan fingerprint density at radius 1 is 1.40 bits per heavy atom. The highest BCUT2D eigenvalue weighted by atomic mass is 127. The summed E-state index contributed by atoms with van der Waals surface area (Å²) < 4.78 is 4.54. The van der Waals surface area contributed by atoms with Crippen molar-refractivity contribution in [3.05, 3.63) is 35.6 Å². The minimum Gasteiger partial charge on any atom is -0.389 e. The SMILES string of the molecule is O=C(OI)c1ncc(-c2ccccn2)s1. The van der Waals surface area contributed by atoms with Crippen LogP contribution in [-0.4, -0.2) is 15.9 Å². The minimum atomic E-state index is -0.428. The van der Waals surface area contributed by atoms with Gasteiger partial charge in [-0.3, -0.25) is 4.98 Å². The quantitative estimate of drug-likeness (QED) is 0.794. The van der Waals surface area contributed by atoms with E-state index in [9.17, 15) is 4.79 Å². The van der Waals surface area contributed by atoms with Crippen LogP contribution in [0.3, 0.4) is 0 Å². The minimum absolute atomic E-state index is 0.338. The number of hydrogen-bond acceptors (Lipinski definition) is 5. The normalized spacial score (nSPS) is 9.93. The summed E-state index contributed by atoms with van der Waals surface area (Å²) in [6.07, 6.45) is 3.32. The molecule has 2 rings (SSSR count). The fourth-order valence-corrected chi connectivity index (χ4v) is 2.16. The molecule has 0 saturated heterocycles. The Balaban J connectivity index is 2.32. The molecule has 0 amide bonds. The van der Waals surface area contributed by atoms with Gasteiger partial charge in [0.25, 0.3) is 0 Å². The standard InChI is InChI=1S/C9H5IN2O2S/c10-14-9(13)8-12-5-7(15-8)6-3-1-2-4-11-6/h1-5H. The molecule has 0 aliphatic rings. The molecule has 0 saturated carbocycles. The Morgan fingerprint density at radius 3 is 2.93 bits per heavy atom. The second kappa shape index (κ2) is 4.67. The number of halogens is 1. The van der Waals surface area contributed by atoms with Crippen molar-refractivity contribution in [2.45, 2.75) is 0 Å². The zero-order valence-electron chi connectivity index (χ0n) is 7.38. The molecule has 4 nitrogen and oxygen atoms in total. The molecule has 0 atom stereocenters. The first kappa shape index (κ1) is 10.5. The number of aromatic nitrogens is 2. The van der Waals surface area contributed by atoms with Crippen molar-refractivity contribution >= 4 is 40.3 Å². The summed E-state index contributed by atoms with van der Waals surface area (Å²) in [5.41, 5.74) is 0.808. The van der Waals surface area contributed by atoms with Crippen molar-refractivity contribution in [3.63, 3.8) is 0 Å². The Bertz CT molecular complexity index is 472. The number of carbonyl (C=O) groups excluding carboxylic acids is 1. The first-order chi connectivity index (χ1) is 7.31. The van der Waals surface area contributed by atoms with E-state index in [0.29, 0.717) is 5.01 Å². The molecule has 6 heteroatoms. The summed E-state index contributed by atoms with van der Waals surface area (Å²) in [7, 11) is 0. The van der Waals surface area contributed by atoms with Crippen LogP contribution in [0.25, 0.3) is 10.6 Å². The van der Waals surface area contributed by atoms with Crippen LogP contribution in [0.1, 0.15) is 9.80 Å². The zero-order valence-corrected chi connectivity index (χ0v) is 10.4. The van der Waals surface area contributed by atoms with Crippen molar-refractivity contribution in [2.24, 2.45) is 0 Å². The molecular formula is C9H5IN2O2S. The molecular weight excluding hydrogens is 327 g/mol. The molecule has 0 N–H and O–H groups in total. The summed E-state index contributed by atoms with van der Waals surface area (Å²) in [4.78, 5) is 20.1. The lowest BCUT2D eigenvalue weighted by molar-refractivity contribution is 0.0800. The van der Waals surface area contributed by atoms with Gasteiger partial charge in [-0.2, -0.15) is 0 Å². The molecule has 2 heterocycles. The molecule has 0 bridgehead atoms. The lowest BCUT2D eigenvalue weighted by atomic mass is 10.3. The Kier molecular flexibility index (Phi) is 3.27. The zero-order chi connectivity index (χ0) is 10.7. The third kappa shape index (κ3) is 2.32. The predicted molar refractivity (Wildman–Crippen MR) is 64.8 cm³/mol. The van der Waals surface area contributed by atoms with Crippen LogP contribution in [-0.2, 0) is 3.07 Å². The van der Waals surface area contributed by atoms with Gasteiger partial charge in [-0.05, 0) is 12.1 Å². The van der Waals surface area contributed by atoms with E-state index in [0.717, 1.165) is 10.6 Å². The Labute approximate surface area is 104 Å². The monoisotopic (exact) mass is 332 g/mol. The van der Waals surface area contributed by atoms with Crippen LogP contribution in [0.15, 0.2) is 30.6 Å². The van der Waals surface area contributed by atoms with Crippen LogP contribution in [0.4, 0.5) is 0 Å². The molecule has 2 aromatic rings. The van der Waals surface area contributed by atoms with Gasteiger partial charge in [0.2, 0.25) is 5.01 Å². The van der Waals surface area contributed by atoms with Crippen molar-refractivity contribution in [2.75, 3.05) is 0 Å². The number of pyridine rings is 1. The average Bonchev–Trinajstić information content (AvgIpc) is 2.78. The summed E-state index contributed by atoms with van der Waals surface area (Å²) in [5.74, 6) is -0.428. The summed E-state index contributed by atoms with van der Waals surface area (Å²) in [6.45, 7) is 0. The van der Waals surface area contributed by atoms with Crippen molar-refractivity contribution < 1.29 is 7.86 Å². The molecule has 0 radical (unpaired) electrons. The maximum Gasteiger partial charge on any atom is 0.376 e. The highest BCUT2D eigenvalue weighted by Crippen LogP contribution is 2.24. The van der Waals surface area contributed by atoms with Gasteiger partial charge in [0.05, 0.1) is 10.6 Å². The van der Waals surface area contributed by atoms with E-state index in [1.807, 2.05) is 18.2 Å². The van der Waals surface area contributed by atoms with E-state index in [2.05, 4.69) is 13.0 Å². The molecule has 0 aromatic carbocycles. The summed E-state index contributed by atoms with van der Waals surface area (Å²) >= 11 is 2.81. The largest absolute Gasteiger partial charge is 0.389 e. The lowest BCUT2D eigenvalue weighted by Gasteiger charge is -1.92. The highest BCUT2D eigenvalue weighted by Gasteiger charge is 2.12. The van der Waals surface area contributed by atoms with Crippen LogP contribution in [0.5, 0.6) is 0 Å². The maximum absolute atomic E-state index is 11.2. The molecule has 2 aromatic heterocycles. The topological polar surface area (TPSA) is 52.1 Å². The van der Waals surface area contributed by atoms with Gasteiger partial charge in [-0.25, -0.2) is 9.78 Å². The third-order valence-electron chi connectivity index (χ3n) is 1.67. The first-order valence-corrected chi connectivity index (χ1v) is 5.71. The van der Waals surface area contributed by atoms with Crippen LogP contribution < -0.4 is 0 Å². The van der Waals surface area contributed by atoms with Gasteiger partial charge in [0.15, 0.2) is 23.0 Å². The van der Waals surface area contributed by atoms with Gasteiger partial charge < -0.3 is 3.07 Å². The van der Waals surface area contributed by atoms with E-state index < -0.39 is 5.97 Å². The number of nitrogens with zero attached hydrogens (tertiary/aromatic N) is 2. The first-order valence-electron chi connectivity index (χ1n) is 4.01. The van der Waals surface area contributed by atoms with Crippen molar-refractivity contribution in [1.82, 2.24) is 9.97 Å². The van der Waals surface area contributed by atoms with E-state index >= 15 is 0 Å². The molecule has 15 heavy (non-hydrogen) atoms. The second-order valence-corrected chi connectivity index (χ2v) is 4.08. The fraction of sp³-hybridized carbons (Fsp3) is 0. The second-order valence-electron chi connectivity index (χ2n) is 2.61. The van der Waals surface area contributed by atoms with Gasteiger partial charge >= 0.3 is 5.97 Å². The van der Waals surface area contributed by atoms with Gasteiger partial charge in [0.1, 0.15) is 0 Å². The van der Waals surface area contributed by atoms with Crippen LogP contribution in [0, 0.1) is 0 Å². The molecule has 0 spiro atoms. The van der Waals surface area contributed by atoms with E-state index in [1.165, 1.54) is 11.3 Å². The smallest absolute Gasteiger partial charge is 0.376 e. The Morgan fingerprint density at radius 2 is 2.27 bits per heavy atom. The lowest BCUT2D eigenvalue weighted by Crippen LogP contribution is -1.94. The number of rotatable bonds is 2. The summed E-state index contributed by atoms with van der Waals surface area (Å²) in [6, 6.07) is 5.59. The van der Waals surface area contributed by atoms with Gasteiger partial charge in [0, 0.05) is 12.4 Å². The van der Waals surface area contributed by atoms with E-state index in [-0.39, 0.29) is 0 Å². The third-order valence-corrected chi connectivity index (χ3v) is 3.07. The molecule has 0 aliphatic heterocycles. The maximum atomic E-state index is 11.2. The van der Waals surface area contributed by atoms with E-state index in [1.54, 1.807) is 35.4 Å². The predicted octanol–water partition coefficient (Wildman–Crippen LogP) is 2.71. The van der Waals surface area contributed by atoms with Crippen molar-refractivity contribution in [1.29, 1.82) is 0 Å². The molecule has 76 valence electrons. The van der Waals surface area contributed by atoms with Crippen molar-refractivity contribution in [3.8, 4) is 10.6 Å². The molecule has 0 unspecified atom stereocenters. The Hall–Kier alpha value is -1.02. The van der Waals surface area contributed by atoms with Gasteiger partial charge in [-0.1, -0.05) is 6.07 Å². The van der Waals surface area contributed by atoms with Crippen LogP contribution in [0.2, 0.25) is 0 Å². The fourth-order valence-electron chi connectivity index (χ4n) is 1.03. The average molecular weight is 332 g/mol. The van der Waals surface area contributed by atoms with Gasteiger partial charge in [-0.15, -0.1) is 11.3 Å². The number of hydrogen-bond donors (Lipinski definition) is 0. The highest BCUT2D eigenvalue weighted by molar-refractivity contribution is 14.1. The number of thiazole rings is 1. The molecule has 0 fully saturated rings. The number of carbonyl (C=O) groups is 1. The molecule has 0 aliphatic carbocycles. The summed E-state index contributed by atoms with van der Waals surface area (Å²) in [5, 5.41) is 0.338. The van der Waals surface area contributed by atoms with Crippen LogP contribution >= 0.6 is 34.3 Å².